The third-order valence-electron chi connectivity index (χ3n) is 4.26. The van der Waals surface area contributed by atoms with Crippen molar-refractivity contribution >= 4 is 0 Å². The van der Waals surface area contributed by atoms with Crippen LogP contribution in [0.2, 0.25) is 0 Å². The van der Waals surface area contributed by atoms with E-state index < -0.39 is 0 Å². The maximum absolute atomic E-state index is 5.93. The highest BCUT2D eigenvalue weighted by atomic mass is 16.5. The number of nitrogens with one attached hydrogen (secondary N) is 1. The average molecular weight is 255 g/mol. The van der Waals surface area contributed by atoms with Crippen LogP contribution in [0, 0.1) is 0 Å². The average Bonchev–Trinajstić information content (AvgIpc) is 2.45. The van der Waals surface area contributed by atoms with Gasteiger partial charge in [-0.3, -0.25) is 0 Å². The van der Waals surface area contributed by atoms with E-state index in [1.54, 1.807) is 0 Å². The Labute approximate surface area is 112 Å². The Kier molecular flexibility index (Phi) is 6.46. The van der Waals surface area contributed by atoms with Gasteiger partial charge in [-0.1, -0.05) is 26.2 Å². The monoisotopic (exact) mass is 255 g/mol. The molecular weight excluding hydrogens is 226 g/mol. The molecule has 0 spiro atoms. The van der Waals surface area contributed by atoms with Crippen molar-refractivity contribution in [3.63, 3.8) is 0 Å². The van der Waals surface area contributed by atoms with Crippen molar-refractivity contribution in [2.45, 2.75) is 76.5 Å². The van der Waals surface area contributed by atoms with E-state index >= 15 is 0 Å². The number of hydrogen-bond acceptors (Lipinski definition) is 3. The van der Waals surface area contributed by atoms with Gasteiger partial charge in [0.15, 0.2) is 0 Å². The Morgan fingerprint density at radius 1 is 1.17 bits per heavy atom. The Bertz CT molecular complexity index is 217. The molecule has 1 heterocycles. The van der Waals surface area contributed by atoms with Crippen LogP contribution in [0.4, 0.5) is 0 Å². The second kappa shape index (κ2) is 8.13. The summed E-state index contributed by atoms with van der Waals surface area (Å²) in [6.07, 6.45) is 11.1. The molecule has 2 rings (SSSR count). The van der Waals surface area contributed by atoms with E-state index in [-0.39, 0.29) is 0 Å². The first kappa shape index (κ1) is 14.3. The molecule has 1 saturated heterocycles. The fourth-order valence-electron chi connectivity index (χ4n) is 3.07. The van der Waals surface area contributed by atoms with Crippen LogP contribution >= 0.6 is 0 Å². The van der Waals surface area contributed by atoms with E-state index in [2.05, 4.69) is 12.2 Å². The molecule has 3 heteroatoms. The first-order valence-corrected chi connectivity index (χ1v) is 7.85. The largest absolute Gasteiger partial charge is 0.378 e. The molecule has 2 unspecified atom stereocenters. The van der Waals surface area contributed by atoms with Gasteiger partial charge in [-0.2, -0.15) is 0 Å². The fraction of sp³-hybridized carbons (Fsp3) is 1.00. The van der Waals surface area contributed by atoms with E-state index in [1.165, 1.54) is 38.5 Å². The van der Waals surface area contributed by atoms with Gasteiger partial charge in [-0.15, -0.1) is 0 Å². The predicted octanol–water partition coefficient (Wildman–Crippen LogP) is 2.88. The minimum atomic E-state index is 0.468. The molecular formula is C15H29NO2. The molecule has 106 valence electrons. The molecule has 0 aromatic rings. The normalized spacial score (nSPS) is 30.5. The van der Waals surface area contributed by atoms with Gasteiger partial charge in [0, 0.05) is 19.2 Å². The molecule has 18 heavy (non-hydrogen) atoms. The molecule has 2 aliphatic rings. The lowest BCUT2D eigenvalue weighted by Gasteiger charge is -2.30. The summed E-state index contributed by atoms with van der Waals surface area (Å²) in [5.74, 6) is 0. The van der Waals surface area contributed by atoms with Gasteiger partial charge in [0.25, 0.3) is 0 Å². The van der Waals surface area contributed by atoms with Gasteiger partial charge in [-0.25, -0.2) is 0 Å². The maximum Gasteiger partial charge on any atom is 0.0594 e. The van der Waals surface area contributed by atoms with Crippen LogP contribution in [-0.4, -0.2) is 38.0 Å². The summed E-state index contributed by atoms with van der Waals surface area (Å²) in [6.45, 7) is 5.00. The van der Waals surface area contributed by atoms with E-state index in [0.29, 0.717) is 18.2 Å². The molecule has 0 radical (unpaired) electrons. The minimum absolute atomic E-state index is 0.468. The first-order valence-electron chi connectivity index (χ1n) is 7.85. The van der Waals surface area contributed by atoms with Crippen molar-refractivity contribution in [2.24, 2.45) is 0 Å². The summed E-state index contributed by atoms with van der Waals surface area (Å²) < 4.78 is 11.6. The van der Waals surface area contributed by atoms with Gasteiger partial charge in [-0.05, 0) is 32.1 Å². The van der Waals surface area contributed by atoms with Crippen molar-refractivity contribution in [3.8, 4) is 0 Å². The highest BCUT2D eigenvalue weighted by molar-refractivity contribution is 4.76. The van der Waals surface area contributed by atoms with Crippen molar-refractivity contribution in [1.82, 2.24) is 5.32 Å². The van der Waals surface area contributed by atoms with Crippen LogP contribution in [0.25, 0.3) is 0 Å². The Morgan fingerprint density at radius 2 is 2.00 bits per heavy atom. The lowest BCUT2D eigenvalue weighted by Crippen LogP contribution is -2.40. The molecule has 1 N–H and O–H groups in total. The lowest BCUT2D eigenvalue weighted by atomic mass is 9.98. The summed E-state index contributed by atoms with van der Waals surface area (Å²) in [4.78, 5) is 0. The SMILES string of the molecule is CCC1CC(NCCOC2CCCCC2)CCO1. The Morgan fingerprint density at radius 3 is 2.78 bits per heavy atom. The fourth-order valence-corrected chi connectivity index (χ4v) is 3.07. The molecule has 1 aliphatic carbocycles. The van der Waals surface area contributed by atoms with E-state index in [0.717, 1.165) is 32.6 Å². The van der Waals surface area contributed by atoms with Gasteiger partial charge >= 0.3 is 0 Å². The van der Waals surface area contributed by atoms with Crippen molar-refractivity contribution in [1.29, 1.82) is 0 Å². The van der Waals surface area contributed by atoms with E-state index in [1.807, 2.05) is 0 Å². The topological polar surface area (TPSA) is 30.5 Å². The van der Waals surface area contributed by atoms with Gasteiger partial charge < -0.3 is 14.8 Å². The third-order valence-corrected chi connectivity index (χ3v) is 4.26. The molecule has 1 saturated carbocycles. The molecule has 0 bridgehead atoms. The minimum Gasteiger partial charge on any atom is -0.378 e. The van der Waals surface area contributed by atoms with Crippen LogP contribution in [-0.2, 0) is 9.47 Å². The maximum atomic E-state index is 5.93. The van der Waals surface area contributed by atoms with Crippen LogP contribution < -0.4 is 5.32 Å². The lowest BCUT2D eigenvalue weighted by molar-refractivity contribution is -0.00503. The number of ether oxygens (including phenoxy) is 2. The second-order valence-corrected chi connectivity index (χ2v) is 5.71. The van der Waals surface area contributed by atoms with Crippen LogP contribution in [0.5, 0.6) is 0 Å². The summed E-state index contributed by atoms with van der Waals surface area (Å²) in [5.41, 5.74) is 0. The van der Waals surface area contributed by atoms with E-state index in [9.17, 15) is 0 Å². The second-order valence-electron chi connectivity index (χ2n) is 5.71. The van der Waals surface area contributed by atoms with Crippen molar-refractivity contribution < 1.29 is 9.47 Å². The van der Waals surface area contributed by atoms with Gasteiger partial charge in [0.1, 0.15) is 0 Å². The van der Waals surface area contributed by atoms with E-state index in [4.69, 9.17) is 9.47 Å². The zero-order chi connectivity index (χ0) is 12.6. The molecule has 0 aromatic carbocycles. The summed E-state index contributed by atoms with van der Waals surface area (Å²) >= 11 is 0. The highest BCUT2D eigenvalue weighted by Gasteiger charge is 2.20. The molecule has 3 nitrogen and oxygen atoms in total. The standard InChI is InChI=1S/C15H29NO2/c1-2-14-12-13(8-10-17-14)16-9-11-18-15-6-4-3-5-7-15/h13-16H,2-12H2,1H3. The van der Waals surface area contributed by atoms with Crippen molar-refractivity contribution in [2.75, 3.05) is 19.8 Å². The zero-order valence-corrected chi connectivity index (χ0v) is 11.8. The quantitative estimate of drug-likeness (QED) is 0.740. The summed E-state index contributed by atoms with van der Waals surface area (Å²) in [5, 5.41) is 3.62. The van der Waals surface area contributed by atoms with Crippen LogP contribution in [0.3, 0.4) is 0 Å². The zero-order valence-electron chi connectivity index (χ0n) is 11.8. The van der Waals surface area contributed by atoms with Gasteiger partial charge in [0.05, 0.1) is 18.8 Å². The Hall–Kier alpha value is -0.120. The number of hydrogen-bond donors (Lipinski definition) is 1. The third kappa shape index (κ3) is 4.87. The molecule has 1 aliphatic heterocycles. The molecule has 0 aromatic heterocycles. The molecule has 0 amide bonds. The summed E-state index contributed by atoms with van der Waals surface area (Å²) in [7, 11) is 0. The first-order chi connectivity index (χ1) is 8.88. The highest BCUT2D eigenvalue weighted by Crippen LogP contribution is 2.20. The smallest absolute Gasteiger partial charge is 0.0594 e. The summed E-state index contributed by atoms with van der Waals surface area (Å²) in [6, 6.07) is 0.638. The van der Waals surface area contributed by atoms with Gasteiger partial charge in [0.2, 0.25) is 0 Å². The Balaban J connectivity index is 1.52. The molecule has 2 fully saturated rings. The van der Waals surface area contributed by atoms with Crippen molar-refractivity contribution in [3.05, 3.63) is 0 Å². The van der Waals surface area contributed by atoms with Crippen LogP contribution in [0.15, 0.2) is 0 Å². The molecule has 2 atom stereocenters. The number of rotatable bonds is 6. The van der Waals surface area contributed by atoms with Crippen LogP contribution in [0.1, 0.15) is 58.3 Å². The predicted molar refractivity (Wildman–Crippen MR) is 73.9 cm³/mol.